The molecule has 1 aliphatic rings. The molecular formula is C10H12BrFN2O3S. The number of halogens is 2. The van der Waals surface area contributed by atoms with Crippen molar-refractivity contribution < 1.29 is 17.5 Å². The molecule has 2 rings (SSSR count). The Morgan fingerprint density at radius 3 is 2.83 bits per heavy atom. The second-order valence-corrected chi connectivity index (χ2v) is 6.52. The van der Waals surface area contributed by atoms with Crippen LogP contribution in [0.2, 0.25) is 0 Å². The van der Waals surface area contributed by atoms with E-state index in [9.17, 15) is 12.8 Å². The van der Waals surface area contributed by atoms with E-state index in [0.29, 0.717) is 24.1 Å². The molecule has 0 saturated carbocycles. The Bertz CT molecular complexity index is 558. The van der Waals surface area contributed by atoms with Gasteiger partial charge in [0.15, 0.2) is 0 Å². The van der Waals surface area contributed by atoms with E-state index in [2.05, 4.69) is 20.7 Å². The van der Waals surface area contributed by atoms with Crippen molar-refractivity contribution in [2.75, 3.05) is 18.9 Å². The van der Waals surface area contributed by atoms with Crippen molar-refractivity contribution in [1.29, 1.82) is 0 Å². The van der Waals surface area contributed by atoms with Crippen LogP contribution >= 0.6 is 15.9 Å². The minimum atomic E-state index is -3.92. The van der Waals surface area contributed by atoms with Crippen molar-refractivity contribution in [2.45, 2.75) is 17.4 Å². The van der Waals surface area contributed by atoms with Crippen molar-refractivity contribution in [1.82, 2.24) is 4.72 Å². The summed E-state index contributed by atoms with van der Waals surface area (Å²) in [6.07, 6.45) is 0.576. The van der Waals surface area contributed by atoms with Gasteiger partial charge >= 0.3 is 0 Å². The number of anilines is 1. The van der Waals surface area contributed by atoms with Crippen LogP contribution in [0.5, 0.6) is 0 Å². The number of nitrogen functional groups attached to an aromatic ring is 1. The van der Waals surface area contributed by atoms with Crippen LogP contribution in [0.1, 0.15) is 6.42 Å². The number of sulfonamides is 1. The summed E-state index contributed by atoms with van der Waals surface area (Å²) >= 11 is 3.03. The number of nitrogens with one attached hydrogen (secondary N) is 1. The fourth-order valence-corrected chi connectivity index (χ4v) is 3.33. The van der Waals surface area contributed by atoms with E-state index < -0.39 is 20.7 Å². The van der Waals surface area contributed by atoms with Gasteiger partial charge in [-0.25, -0.2) is 17.5 Å². The maximum atomic E-state index is 13.7. The molecular weight excluding hydrogens is 327 g/mol. The molecule has 1 aliphatic heterocycles. The number of ether oxygens (including phenoxy) is 1. The van der Waals surface area contributed by atoms with Gasteiger partial charge in [0.1, 0.15) is 10.7 Å². The van der Waals surface area contributed by atoms with Crippen molar-refractivity contribution >= 4 is 31.6 Å². The molecule has 0 aromatic heterocycles. The van der Waals surface area contributed by atoms with Crippen LogP contribution in [0.4, 0.5) is 10.1 Å². The predicted molar refractivity (Wildman–Crippen MR) is 68.1 cm³/mol. The summed E-state index contributed by atoms with van der Waals surface area (Å²) in [4.78, 5) is -0.449. The minimum absolute atomic E-state index is 0.166. The van der Waals surface area contributed by atoms with Crippen molar-refractivity contribution in [3.8, 4) is 0 Å². The third-order valence-corrected chi connectivity index (χ3v) is 4.81. The molecule has 0 amide bonds. The predicted octanol–water partition coefficient (Wildman–Crippen LogP) is 1.24. The van der Waals surface area contributed by atoms with E-state index in [4.69, 9.17) is 10.5 Å². The molecule has 8 heteroatoms. The quantitative estimate of drug-likeness (QED) is 0.812. The maximum absolute atomic E-state index is 13.7. The van der Waals surface area contributed by atoms with Crippen LogP contribution in [0, 0.1) is 5.82 Å². The molecule has 0 bridgehead atoms. The molecule has 1 aromatic carbocycles. The van der Waals surface area contributed by atoms with Gasteiger partial charge in [0.25, 0.3) is 0 Å². The number of hydrogen-bond donors (Lipinski definition) is 2. The lowest BCUT2D eigenvalue weighted by atomic mass is 10.3. The summed E-state index contributed by atoms with van der Waals surface area (Å²) in [5, 5.41) is 0. The standard InChI is InChI=1S/C10H12BrFN2O3S/c11-7-3-8(12)10(4-9(7)13)18(15,16)14-6-1-2-17-5-6/h3-4,6,14H,1-2,5,13H2. The summed E-state index contributed by atoms with van der Waals surface area (Å²) < 4.78 is 45.4. The van der Waals surface area contributed by atoms with Crippen molar-refractivity contribution in [3.63, 3.8) is 0 Å². The van der Waals surface area contributed by atoms with Gasteiger partial charge in [0.05, 0.1) is 6.61 Å². The first-order valence-corrected chi connectivity index (χ1v) is 7.52. The molecule has 1 aromatic rings. The van der Waals surface area contributed by atoms with E-state index in [0.717, 1.165) is 12.1 Å². The highest BCUT2D eigenvalue weighted by molar-refractivity contribution is 9.10. The Morgan fingerprint density at radius 1 is 1.50 bits per heavy atom. The van der Waals surface area contributed by atoms with Gasteiger partial charge in [0, 0.05) is 22.8 Å². The first kappa shape index (κ1) is 13.7. The number of rotatable bonds is 3. The topological polar surface area (TPSA) is 81.4 Å². The number of benzene rings is 1. The van der Waals surface area contributed by atoms with Gasteiger partial charge in [0.2, 0.25) is 10.0 Å². The maximum Gasteiger partial charge on any atom is 0.243 e. The molecule has 1 fully saturated rings. The van der Waals surface area contributed by atoms with Gasteiger partial charge in [-0.3, -0.25) is 0 Å². The summed E-state index contributed by atoms with van der Waals surface area (Å²) in [7, 11) is -3.92. The minimum Gasteiger partial charge on any atom is -0.398 e. The Kier molecular flexibility index (Phi) is 3.90. The Balaban J connectivity index is 2.31. The molecule has 0 spiro atoms. The van der Waals surface area contributed by atoms with E-state index >= 15 is 0 Å². The van der Waals surface area contributed by atoms with E-state index in [1.165, 1.54) is 0 Å². The summed E-state index contributed by atoms with van der Waals surface area (Å²) in [6, 6.07) is 1.81. The van der Waals surface area contributed by atoms with Crippen LogP contribution in [0.3, 0.4) is 0 Å². The van der Waals surface area contributed by atoms with Crippen molar-refractivity contribution in [2.24, 2.45) is 0 Å². The highest BCUT2D eigenvalue weighted by Gasteiger charge is 2.26. The first-order chi connectivity index (χ1) is 8.40. The molecule has 0 radical (unpaired) electrons. The van der Waals surface area contributed by atoms with E-state index in [1.807, 2.05) is 0 Å². The molecule has 1 atom stereocenters. The fourth-order valence-electron chi connectivity index (χ4n) is 1.66. The van der Waals surface area contributed by atoms with Crippen LogP contribution in [-0.2, 0) is 14.8 Å². The number of hydrogen-bond acceptors (Lipinski definition) is 4. The highest BCUT2D eigenvalue weighted by atomic mass is 79.9. The second kappa shape index (κ2) is 5.12. The van der Waals surface area contributed by atoms with Crippen LogP contribution in [0.15, 0.2) is 21.5 Å². The molecule has 1 saturated heterocycles. The van der Waals surface area contributed by atoms with Crippen LogP contribution in [0.25, 0.3) is 0 Å². The summed E-state index contributed by atoms with van der Waals surface area (Å²) in [5.41, 5.74) is 5.73. The monoisotopic (exact) mass is 338 g/mol. The zero-order valence-corrected chi connectivity index (χ0v) is 11.7. The fraction of sp³-hybridized carbons (Fsp3) is 0.400. The van der Waals surface area contributed by atoms with Gasteiger partial charge in [-0.1, -0.05) is 0 Å². The van der Waals surface area contributed by atoms with Crippen molar-refractivity contribution in [3.05, 3.63) is 22.4 Å². The number of nitrogens with two attached hydrogens (primary N) is 1. The Morgan fingerprint density at radius 2 is 2.22 bits per heavy atom. The average Bonchev–Trinajstić information content (AvgIpc) is 2.75. The lowest BCUT2D eigenvalue weighted by molar-refractivity contribution is 0.192. The lowest BCUT2D eigenvalue weighted by Crippen LogP contribution is -2.35. The summed E-state index contributed by atoms with van der Waals surface area (Å²) in [5.74, 6) is -0.845. The third kappa shape index (κ3) is 2.82. The molecule has 0 aliphatic carbocycles. The summed E-state index contributed by atoms with van der Waals surface area (Å²) in [6.45, 7) is 0.797. The SMILES string of the molecule is Nc1cc(S(=O)(=O)NC2CCOC2)c(F)cc1Br. The van der Waals surface area contributed by atoms with Gasteiger partial charge < -0.3 is 10.5 Å². The molecule has 18 heavy (non-hydrogen) atoms. The Hall–Kier alpha value is -0.700. The molecule has 5 nitrogen and oxygen atoms in total. The van der Waals surface area contributed by atoms with Gasteiger partial charge in [-0.2, -0.15) is 0 Å². The highest BCUT2D eigenvalue weighted by Crippen LogP contribution is 2.26. The zero-order chi connectivity index (χ0) is 13.3. The normalized spacial score (nSPS) is 20.2. The lowest BCUT2D eigenvalue weighted by Gasteiger charge is -2.12. The van der Waals surface area contributed by atoms with Crippen LogP contribution < -0.4 is 10.5 Å². The zero-order valence-electron chi connectivity index (χ0n) is 9.32. The molecule has 1 heterocycles. The third-order valence-electron chi connectivity index (χ3n) is 2.59. The van der Waals surface area contributed by atoms with Gasteiger partial charge in [-0.15, -0.1) is 0 Å². The van der Waals surface area contributed by atoms with E-state index in [1.54, 1.807) is 0 Å². The Labute approximate surface area is 113 Å². The molecule has 100 valence electrons. The van der Waals surface area contributed by atoms with Gasteiger partial charge in [-0.05, 0) is 34.5 Å². The second-order valence-electron chi connectivity index (χ2n) is 3.99. The smallest absolute Gasteiger partial charge is 0.243 e. The first-order valence-electron chi connectivity index (χ1n) is 5.25. The largest absolute Gasteiger partial charge is 0.398 e. The average molecular weight is 339 g/mol. The molecule has 3 N–H and O–H groups in total. The van der Waals surface area contributed by atoms with Crippen LogP contribution in [-0.4, -0.2) is 27.7 Å². The molecule has 1 unspecified atom stereocenters. The van der Waals surface area contributed by atoms with E-state index in [-0.39, 0.29) is 11.7 Å².